The van der Waals surface area contributed by atoms with Gasteiger partial charge in [0, 0.05) is 12.6 Å². The molecule has 96 valence electrons. The number of hydrogen-bond donors (Lipinski definition) is 3. The Hall–Kier alpha value is -1.14. The van der Waals surface area contributed by atoms with Gasteiger partial charge in [-0.25, -0.2) is 4.79 Å². The van der Waals surface area contributed by atoms with Gasteiger partial charge in [-0.05, 0) is 25.7 Å². The highest BCUT2D eigenvalue weighted by atomic mass is 16.5. The van der Waals surface area contributed by atoms with Crippen molar-refractivity contribution in [2.24, 2.45) is 0 Å². The Balaban J connectivity index is 1.58. The standard InChI is InChI=1S/C11H18N2O4/c14-10(6-12-7-1-2-7)13-5-8-3-4-9(17-8)11(15)16/h7-9,12H,1-6H2,(H,13,14)(H,15,16). The van der Waals surface area contributed by atoms with Crippen molar-refractivity contribution in [3.63, 3.8) is 0 Å². The molecule has 2 fully saturated rings. The smallest absolute Gasteiger partial charge is 0.332 e. The van der Waals surface area contributed by atoms with Gasteiger partial charge in [0.15, 0.2) is 6.10 Å². The number of amides is 1. The van der Waals surface area contributed by atoms with Crippen LogP contribution in [-0.2, 0) is 14.3 Å². The van der Waals surface area contributed by atoms with E-state index in [0.717, 1.165) is 12.8 Å². The fourth-order valence-electron chi connectivity index (χ4n) is 1.85. The summed E-state index contributed by atoms with van der Waals surface area (Å²) in [6.45, 7) is 0.731. The molecule has 1 saturated carbocycles. The molecule has 0 bridgehead atoms. The highest BCUT2D eigenvalue weighted by Gasteiger charge is 2.30. The van der Waals surface area contributed by atoms with E-state index >= 15 is 0 Å². The molecule has 1 saturated heterocycles. The van der Waals surface area contributed by atoms with E-state index in [4.69, 9.17) is 9.84 Å². The Labute approximate surface area is 99.7 Å². The quantitative estimate of drug-likeness (QED) is 0.583. The lowest BCUT2D eigenvalue weighted by molar-refractivity contribution is -0.149. The first-order chi connectivity index (χ1) is 8.15. The first kappa shape index (κ1) is 12.3. The lowest BCUT2D eigenvalue weighted by atomic mass is 10.2. The second-order valence-corrected chi connectivity index (χ2v) is 4.62. The van der Waals surface area contributed by atoms with Crippen molar-refractivity contribution in [1.82, 2.24) is 10.6 Å². The van der Waals surface area contributed by atoms with Gasteiger partial charge in [0.1, 0.15) is 0 Å². The monoisotopic (exact) mass is 242 g/mol. The minimum absolute atomic E-state index is 0.0562. The van der Waals surface area contributed by atoms with Crippen LogP contribution < -0.4 is 10.6 Å². The lowest BCUT2D eigenvalue weighted by Gasteiger charge is -2.12. The van der Waals surface area contributed by atoms with Crippen LogP contribution in [0.5, 0.6) is 0 Å². The largest absolute Gasteiger partial charge is 0.479 e. The summed E-state index contributed by atoms with van der Waals surface area (Å²) in [5, 5.41) is 14.6. The topological polar surface area (TPSA) is 87.7 Å². The number of carbonyl (C=O) groups excluding carboxylic acids is 1. The van der Waals surface area contributed by atoms with Crippen molar-refractivity contribution in [2.75, 3.05) is 13.1 Å². The second kappa shape index (κ2) is 5.46. The summed E-state index contributed by atoms with van der Waals surface area (Å²) in [7, 11) is 0. The van der Waals surface area contributed by atoms with Gasteiger partial charge >= 0.3 is 5.97 Å². The summed E-state index contributed by atoms with van der Waals surface area (Å²) in [6, 6.07) is 0.514. The normalized spacial score (nSPS) is 28.0. The van der Waals surface area contributed by atoms with Crippen molar-refractivity contribution in [3.05, 3.63) is 0 Å². The Kier molecular flexibility index (Phi) is 3.96. The van der Waals surface area contributed by atoms with Crippen LogP contribution in [-0.4, -0.2) is 48.3 Å². The zero-order valence-corrected chi connectivity index (χ0v) is 9.65. The number of carboxylic acids is 1. The molecule has 3 N–H and O–H groups in total. The van der Waals surface area contributed by atoms with Crippen LogP contribution in [0, 0.1) is 0 Å². The van der Waals surface area contributed by atoms with Gasteiger partial charge < -0.3 is 20.5 Å². The molecular formula is C11H18N2O4. The molecule has 1 heterocycles. The summed E-state index contributed by atoms with van der Waals surface area (Å²) in [4.78, 5) is 22.0. The zero-order chi connectivity index (χ0) is 12.3. The van der Waals surface area contributed by atoms with E-state index in [1.807, 2.05) is 0 Å². The third-order valence-electron chi connectivity index (χ3n) is 3.04. The van der Waals surface area contributed by atoms with Crippen LogP contribution in [0.4, 0.5) is 0 Å². The molecule has 2 rings (SSSR count). The summed E-state index contributed by atoms with van der Waals surface area (Å²) in [5.74, 6) is -0.978. The molecule has 1 amide bonds. The van der Waals surface area contributed by atoms with Gasteiger partial charge in [-0.15, -0.1) is 0 Å². The van der Waals surface area contributed by atoms with Gasteiger partial charge in [-0.1, -0.05) is 0 Å². The molecule has 0 aromatic heterocycles. The third kappa shape index (κ3) is 3.98. The summed E-state index contributed by atoms with van der Waals surface area (Å²) >= 11 is 0. The Morgan fingerprint density at radius 3 is 2.59 bits per heavy atom. The van der Waals surface area contributed by atoms with Gasteiger partial charge in [-0.3, -0.25) is 4.79 Å². The third-order valence-corrected chi connectivity index (χ3v) is 3.04. The molecule has 1 aliphatic heterocycles. The van der Waals surface area contributed by atoms with Gasteiger partial charge in [0.25, 0.3) is 0 Å². The molecule has 6 heteroatoms. The van der Waals surface area contributed by atoms with E-state index < -0.39 is 12.1 Å². The second-order valence-electron chi connectivity index (χ2n) is 4.62. The molecule has 2 unspecified atom stereocenters. The molecule has 0 aromatic rings. The first-order valence-electron chi connectivity index (χ1n) is 6.03. The minimum Gasteiger partial charge on any atom is -0.479 e. The molecule has 1 aliphatic carbocycles. The predicted octanol–water partition coefficient (Wildman–Crippen LogP) is -0.513. The maximum atomic E-state index is 11.4. The van der Waals surface area contributed by atoms with Crippen LogP contribution in [0.25, 0.3) is 0 Å². The van der Waals surface area contributed by atoms with E-state index in [-0.39, 0.29) is 12.0 Å². The minimum atomic E-state index is -0.922. The molecule has 0 spiro atoms. The van der Waals surface area contributed by atoms with Crippen molar-refractivity contribution in [3.8, 4) is 0 Å². The van der Waals surface area contributed by atoms with Gasteiger partial charge in [0.2, 0.25) is 5.91 Å². The maximum absolute atomic E-state index is 11.4. The van der Waals surface area contributed by atoms with Crippen molar-refractivity contribution < 1.29 is 19.4 Å². The van der Waals surface area contributed by atoms with Gasteiger partial charge in [0.05, 0.1) is 12.6 Å². The first-order valence-corrected chi connectivity index (χ1v) is 6.03. The van der Waals surface area contributed by atoms with Crippen molar-refractivity contribution in [1.29, 1.82) is 0 Å². The summed E-state index contributed by atoms with van der Waals surface area (Å²) < 4.78 is 5.28. The number of carboxylic acid groups (broad SMARTS) is 1. The number of ether oxygens (including phenoxy) is 1. The molecule has 0 aromatic carbocycles. The Morgan fingerprint density at radius 2 is 2.00 bits per heavy atom. The highest BCUT2D eigenvalue weighted by molar-refractivity contribution is 5.78. The average molecular weight is 242 g/mol. The van der Waals surface area contributed by atoms with E-state index in [0.29, 0.717) is 32.0 Å². The van der Waals surface area contributed by atoms with E-state index in [1.165, 1.54) is 0 Å². The molecule has 2 aliphatic rings. The number of rotatable bonds is 6. The number of hydrogen-bond acceptors (Lipinski definition) is 4. The molecule has 0 radical (unpaired) electrons. The fraction of sp³-hybridized carbons (Fsp3) is 0.818. The van der Waals surface area contributed by atoms with Crippen molar-refractivity contribution >= 4 is 11.9 Å². The average Bonchev–Trinajstić information content (AvgIpc) is 3.00. The maximum Gasteiger partial charge on any atom is 0.332 e. The Morgan fingerprint density at radius 1 is 1.24 bits per heavy atom. The van der Waals surface area contributed by atoms with Crippen LogP contribution in [0.15, 0.2) is 0 Å². The van der Waals surface area contributed by atoms with E-state index in [2.05, 4.69) is 10.6 Å². The summed E-state index contributed by atoms with van der Waals surface area (Å²) in [6.07, 6.45) is 2.64. The number of carbonyl (C=O) groups is 2. The van der Waals surface area contributed by atoms with E-state index in [9.17, 15) is 9.59 Å². The lowest BCUT2D eigenvalue weighted by Crippen LogP contribution is -2.39. The molecule has 17 heavy (non-hydrogen) atoms. The summed E-state index contributed by atoms with van der Waals surface area (Å²) in [5.41, 5.74) is 0. The molecule has 6 nitrogen and oxygen atoms in total. The zero-order valence-electron chi connectivity index (χ0n) is 9.65. The fourth-order valence-corrected chi connectivity index (χ4v) is 1.85. The van der Waals surface area contributed by atoms with Crippen LogP contribution in [0.2, 0.25) is 0 Å². The molecular weight excluding hydrogens is 224 g/mol. The number of aliphatic carboxylic acids is 1. The molecule has 2 atom stereocenters. The predicted molar refractivity (Wildman–Crippen MR) is 59.6 cm³/mol. The van der Waals surface area contributed by atoms with Gasteiger partial charge in [-0.2, -0.15) is 0 Å². The van der Waals surface area contributed by atoms with E-state index in [1.54, 1.807) is 0 Å². The van der Waals surface area contributed by atoms with Crippen LogP contribution in [0.1, 0.15) is 25.7 Å². The van der Waals surface area contributed by atoms with Crippen LogP contribution >= 0.6 is 0 Å². The Bertz CT molecular complexity index is 304. The SMILES string of the molecule is O=C(CNC1CC1)NCC1CCC(C(=O)O)O1. The van der Waals surface area contributed by atoms with Crippen LogP contribution in [0.3, 0.4) is 0 Å². The van der Waals surface area contributed by atoms with Crippen molar-refractivity contribution in [2.45, 2.75) is 43.9 Å². The number of nitrogens with one attached hydrogen (secondary N) is 2. The highest BCUT2D eigenvalue weighted by Crippen LogP contribution is 2.19.